The van der Waals surface area contributed by atoms with Gasteiger partial charge in [0.1, 0.15) is 0 Å². The molecule has 0 aliphatic rings. The fourth-order valence-electron chi connectivity index (χ4n) is 0. The van der Waals surface area contributed by atoms with E-state index in [0.29, 0.717) is 0 Å². The Morgan fingerprint density at radius 2 is 0.333 bits per heavy atom. The van der Waals surface area contributed by atoms with Crippen LogP contribution in [0.15, 0.2) is 0 Å². The van der Waals surface area contributed by atoms with Crippen molar-refractivity contribution < 1.29 is 25.0 Å². The zero-order valence-corrected chi connectivity index (χ0v) is 24.8. The van der Waals surface area contributed by atoms with Crippen LogP contribution in [0.4, 0.5) is 0 Å². The molecule has 18 heavy (non-hydrogen) atoms. The molecule has 0 bridgehead atoms. The largest absolute Gasteiger partial charge is 6.00 e. The van der Waals surface area contributed by atoms with Crippen molar-refractivity contribution in [2.75, 3.05) is 0 Å². The van der Waals surface area contributed by atoms with Crippen LogP contribution < -0.4 is 0 Å². The SMILES string of the molecule is O.[C-]#N.[C-]#N.[C-]#N.[C-]#N.[C-]#N.[C-]#N.[K].[K].[K].[K].[Ru+6]. The maximum Gasteiger partial charge on any atom is 6.00 e. The van der Waals surface area contributed by atoms with Crippen LogP contribution in [0.1, 0.15) is 0 Å². The molecule has 0 saturated heterocycles. The molecular formula is C6H2K4N6ORu. The number of nitrogens with zero attached hydrogens (tertiary/aromatic N) is 6. The molecule has 12 heteroatoms. The molecule has 0 aromatic heterocycles. The summed E-state index contributed by atoms with van der Waals surface area (Å²) in [6, 6.07) is 0. The molecule has 0 spiro atoms. The van der Waals surface area contributed by atoms with Gasteiger partial charge in [-0.25, -0.2) is 0 Å². The van der Waals surface area contributed by atoms with Crippen LogP contribution in [0.3, 0.4) is 0 Å². The Kier molecular flexibility index (Phi) is 2750. The van der Waals surface area contributed by atoms with Gasteiger partial charge in [-0.2, -0.15) is 0 Å². The summed E-state index contributed by atoms with van der Waals surface area (Å²) in [5.74, 6) is 0. The molecule has 0 aromatic rings. The van der Waals surface area contributed by atoms with Gasteiger partial charge in [-0.1, -0.05) is 0 Å². The van der Waals surface area contributed by atoms with E-state index >= 15 is 0 Å². The maximum absolute atomic E-state index is 6.25. The van der Waals surface area contributed by atoms with Gasteiger partial charge in [-0.05, 0) is 0 Å². The maximum atomic E-state index is 6.25. The van der Waals surface area contributed by atoms with Crippen molar-refractivity contribution in [3.8, 4) is 0 Å². The van der Waals surface area contributed by atoms with Gasteiger partial charge in [-0.3, -0.25) is 0 Å². The smallest absolute Gasteiger partial charge is 0.512 e. The van der Waals surface area contributed by atoms with Crippen LogP contribution in [0, 0.1) is 71.0 Å². The first-order valence-electron chi connectivity index (χ1n) is 1.34. The van der Waals surface area contributed by atoms with Gasteiger partial charge in [-0.15, -0.1) is 0 Å². The second-order valence-electron chi connectivity index (χ2n) is 0. The summed E-state index contributed by atoms with van der Waals surface area (Å²) in [7, 11) is 0. The minimum Gasteiger partial charge on any atom is -0.512 e. The van der Waals surface area contributed by atoms with Crippen molar-refractivity contribution >= 4 is 206 Å². The predicted octanol–water partition coefficient (Wildman–Crippen LogP) is -1.77. The van der Waals surface area contributed by atoms with Gasteiger partial charge < -0.3 is 76.5 Å². The molecule has 0 atom stereocenters. The summed E-state index contributed by atoms with van der Waals surface area (Å²) in [5, 5.41) is 37.5. The van der Waals surface area contributed by atoms with Gasteiger partial charge in [0.05, 0.1) is 0 Å². The second-order valence-corrected chi connectivity index (χ2v) is 0. The summed E-state index contributed by atoms with van der Waals surface area (Å²) >= 11 is 0. The third kappa shape index (κ3) is 441. The minimum absolute atomic E-state index is 0. The first-order valence-corrected chi connectivity index (χ1v) is 1.34. The Morgan fingerprint density at radius 1 is 0.333 bits per heavy atom. The fraction of sp³-hybridized carbons (Fsp3) is 0. The van der Waals surface area contributed by atoms with E-state index < -0.39 is 0 Å². The quantitative estimate of drug-likeness (QED) is 0.324. The zero-order valence-electron chi connectivity index (χ0n) is 10.5. The van der Waals surface area contributed by atoms with Crippen LogP contribution >= 0.6 is 0 Å². The number of hydrogen-bond acceptors (Lipinski definition) is 6. The van der Waals surface area contributed by atoms with Gasteiger partial charge in [0.15, 0.2) is 0 Å². The Bertz CT molecular complexity index is 111. The van der Waals surface area contributed by atoms with E-state index in [0.717, 1.165) is 0 Å². The summed E-state index contributed by atoms with van der Waals surface area (Å²) in [6.07, 6.45) is 0. The van der Waals surface area contributed by atoms with Crippen LogP contribution in [0.25, 0.3) is 0 Å². The average Bonchev–Trinajstić information content (AvgIpc) is 2.33. The molecule has 0 unspecified atom stereocenters. The van der Waals surface area contributed by atoms with Crippen LogP contribution in [0.5, 0.6) is 0 Å². The van der Waals surface area contributed by atoms with Crippen molar-refractivity contribution in [1.29, 1.82) is 31.6 Å². The van der Waals surface area contributed by atoms with Crippen molar-refractivity contribution in [2.45, 2.75) is 0 Å². The molecule has 7 nitrogen and oxygen atoms in total. The molecule has 0 amide bonds. The van der Waals surface area contributed by atoms with E-state index in [9.17, 15) is 0 Å². The minimum atomic E-state index is 0. The first kappa shape index (κ1) is 96.6. The topological polar surface area (TPSA) is 174 Å². The Balaban J connectivity index is -0.00000000225. The summed E-state index contributed by atoms with van der Waals surface area (Å²) < 4.78 is 0. The summed E-state index contributed by atoms with van der Waals surface area (Å²) in [5.41, 5.74) is 0. The van der Waals surface area contributed by atoms with Gasteiger partial charge in [0.25, 0.3) is 0 Å². The molecule has 0 saturated carbocycles. The zero-order chi connectivity index (χ0) is 12.0. The number of hydrogen-bond donors (Lipinski definition) is 0. The molecule has 0 aliphatic heterocycles. The Morgan fingerprint density at radius 3 is 0.333 bits per heavy atom. The average molecular weight is 432 g/mol. The molecule has 74 valence electrons. The van der Waals surface area contributed by atoms with Gasteiger partial charge in [0, 0.05) is 206 Å². The van der Waals surface area contributed by atoms with E-state index in [-0.39, 0.29) is 230 Å². The van der Waals surface area contributed by atoms with Crippen LogP contribution in [-0.4, -0.2) is 211 Å². The van der Waals surface area contributed by atoms with E-state index in [2.05, 4.69) is 0 Å². The van der Waals surface area contributed by atoms with Crippen LogP contribution in [-0.2, 0) is 19.5 Å². The number of rotatable bonds is 0. The van der Waals surface area contributed by atoms with E-state index in [4.69, 9.17) is 71.0 Å². The fourth-order valence-corrected chi connectivity index (χ4v) is 0. The molecule has 0 aromatic carbocycles. The normalized spacial score (nSPS) is 0.667. The second kappa shape index (κ2) is 513. The van der Waals surface area contributed by atoms with Crippen molar-refractivity contribution in [2.24, 2.45) is 0 Å². The molecule has 2 N–H and O–H groups in total. The standard InChI is InChI=1S/6CN.4K.H2O.Ru/c6*1-2;;;;;;/h;;;;;;;;;;1H2;/q6*-1;;;;;;+6. The van der Waals surface area contributed by atoms with Gasteiger partial charge in [0.2, 0.25) is 0 Å². The molecule has 0 fully saturated rings. The van der Waals surface area contributed by atoms with Crippen molar-refractivity contribution in [3.63, 3.8) is 0 Å². The van der Waals surface area contributed by atoms with Crippen molar-refractivity contribution in [3.05, 3.63) is 39.4 Å². The monoisotopic (exact) mass is 432 g/mol. The Hall–Kier alpha value is 4.07. The van der Waals surface area contributed by atoms with Crippen molar-refractivity contribution in [1.82, 2.24) is 0 Å². The Labute approximate surface area is 292 Å². The third-order valence-corrected chi connectivity index (χ3v) is 0. The molecule has 0 heterocycles. The molecular weight excluding hydrogens is 430 g/mol. The third-order valence-electron chi connectivity index (χ3n) is 0. The molecule has 0 aliphatic carbocycles. The van der Waals surface area contributed by atoms with E-state index in [1.54, 1.807) is 0 Å². The van der Waals surface area contributed by atoms with Gasteiger partial charge >= 0.3 is 19.5 Å². The van der Waals surface area contributed by atoms with E-state index in [1.165, 1.54) is 0 Å². The van der Waals surface area contributed by atoms with Crippen LogP contribution in [0.2, 0.25) is 0 Å². The first-order chi connectivity index (χ1) is 6.00. The predicted molar refractivity (Wildman–Crippen MR) is 56.4 cm³/mol. The van der Waals surface area contributed by atoms with E-state index in [1.807, 2.05) is 0 Å². The summed E-state index contributed by atoms with van der Waals surface area (Å²) in [4.78, 5) is 0. The molecule has 4 radical (unpaired) electrons. The summed E-state index contributed by atoms with van der Waals surface area (Å²) in [6.45, 7) is 28.5. The molecule has 0 rings (SSSR count).